The normalized spacial score (nSPS) is 19.6. The van der Waals surface area contributed by atoms with Gasteiger partial charge in [0.15, 0.2) is 0 Å². The Morgan fingerprint density at radius 2 is 2.24 bits per heavy atom. The molecule has 1 aromatic carbocycles. The van der Waals surface area contributed by atoms with Crippen LogP contribution in [-0.4, -0.2) is 52.8 Å². The monoisotopic (exact) mass is 464 g/mol. The van der Waals surface area contributed by atoms with Crippen molar-refractivity contribution in [3.8, 4) is 17.6 Å². The van der Waals surface area contributed by atoms with Crippen LogP contribution in [0.15, 0.2) is 47.3 Å². The van der Waals surface area contributed by atoms with Crippen molar-refractivity contribution in [3.63, 3.8) is 0 Å². The Bertz CT molecular complexity index is 1150. The van der Waals surface area contributed by atoms with E-state index in [1.165, 1.54) is 0 Å². The number of aromatic nitrogens is 1. The number of aliphatic hydroxyl groups excluding tert-OH is 1. The molecule has 0 bridgehead atoms. The molecule has 7 heteroatoms. The number of rotatable bonds is 7. The summed E-state index contributed by atoms with van der Waals surface area (Å²) < 4.78 is 5.32. The van der Waals surface area contributed by atoms with Crippen LogP contribution in [0.5, 0.6) is 5.75 Å². The van der Waals surface area contributed by atoms with E-state index in [1.807, 2.05) is 41.1 Å². The molecule has 4 rings (SSSR count). The first-order chi connectivity index (χ1) is 16.0. The average Bonchev–Trinajstić information content (AvgIpc) is 3.35. The van der Waals surface area contributed by atoms with Gasteiger partial charge in [-0.15, -0.1) is 0 Å². The minimum Gasteiger partial charge on any atom is -0.497 e. The zero-order valence-electron chi connectivity index (χ0n) is 18.6. The average molecular weight is 465 g/mol. The number of carboxylic acids is 1. The number of fused-ring (bicyclic) bond motifs is 1. The van der Waals surface area contributed by atoms with E-state index in [2.05, 4.69) is 21.7 Å². The molecular formula is C26H28N2O4S. The van der Waals surface area contributed by atoms with Crippen LogP contribution in [0.3, 0.4) is 0 Å². The number of hydrogen-bond acceptors (Lipinski definition) is 6. The van der Waals surface area contributed by atoms with Gasteiger partial charge in [-0.2, -0.15) is 11.3 Å². The van der Waals surface area contributed by atoms with E-state index >= 15 is 0 Å². The first-order valence-electron chi connectivity index (χ1n) is 11.1. The second kappa shape index (κ2) is 10.8. The van der Waals surface area contributed by atoms with E-state index < -0.39 is 18.0 Å². The highest BCUT2D eigenvalue weighted by molar-refractivity contribution is 7.08. The van der Waals surface area contributed by atoms with Crippen LogP contribution < -0.4 is 4.74 Å². The third-order valence-corrected chi connectivity index (χ3v) is 7.05. The van der Waals surface area contributed by atoms with Crippen molar-refractivity contribution in [3.05, 3.63) is 58.4 Å². The van der Waals surface area contributed by atoms with Crippen molar-refractivity contribution in [2.75, 3.05) is 26.7 Å². The standard InChI is InChI=1S/C26H28N2O4S/c1-32-20-5-6-24-22(15-20)21(8-11-27-24)25(29)7-4-19-9-13-28(16-23(19)26(30)31)12-2-3-18-10-14-33-17-18/h5-6,8,10-11,14-15,17,19,23,25,29H,4,7,9,12-13,16H2,1H3,(H,30,31)/t19-,23+,25?/m1/s1. The minimum absolute atomic E-state index is 0.0286. The molecule has 1 fully saturated rings. The van der Waals surface area contributed by atoms with Gasteiger partial charge in [-0.25, -0.2) is 0 Å². The van der Waals surface area contributed by atoms with Crippen LogP contribution >= 0.6 is 11.3 Å². The number of likely N-dealkylation sites (tertiary alicyclic amines) is 1. The molecule has 0 saturated carbocycles. The highest BCUT2D eigenvalue weighted by Crippen LogP contribution is 2.33. The molecule has 2 N–H and O–H groups in total. The van der Waals surface area contributed by atoms with Gasteiger partial charge < -0.3 is 14.9 Å². The number of thiophene rings is 1. The summed E-state index contributed by atoms with van der Waals surface area (Å²) in [5.41, 5.74) is 2.60. The van der Waals surface area contributed by atoms with Crippen LogP contribution in [0.4, 0.5) is 0 Å². The lowest BCUT2D eigenvalue weighted by atomic mass is 9.81. The largest absolute Gasteiger partial charge is 0.497 e. The molecule has 0 spiro atoms. The molecule has 0 radical (unpaired) electrons. The molecule has 1 saturated heterocycles. The predicted molar refractivity (Wildman–Crippen MR) is 129 cm³/mol. The lowest BCUT2D eigenvalue weighted by Crippen LogP contribution is -2.44. The maximum atomic E-state index is 12.0. The molecular weight excluding hydrogens is 436 g/mol. The van der Waals surface area contributed by atoms with E-state index in [-0.39, 0.29) is 5.92 Å². The Kier molecular flexibility index (Phi) is 7.61. The summed E-state index contributed by atoms with van der Waals surface area (Å²) in [4.78, 5) is 18.5. The number of carboxylic acid groups (broad SMARTS) is 1. The topological polar surface area (TPSA) is 82.9 Å². The van der Waals surface area contributed by atoms with Gasteiger partial charge in [0.2, 0.25) is 0 Å². The van der Waals surface area contributed by atoms with Gasteiger partial charge in [-0.05, 0) is 73.0 Å². The van der Waals surface area contributed by atoms with Gasteiger partial charge in [-0.3, -0.25) is 14.7 Å². The summed E-state index contributed by atoms with van der Waals surface area (Å²) in [6.07, 6.45) is 2.95. The van der Waals surface area contributed by atoms with Gasteiger partial charge >= 0.3 is 5.97 Å². The lowest BCUT2D eigenvalue weighted by molar-refractivity contribution is -0.146. The lowest BCUT2D eigenvalue weighted by Gasteiger charge is -2.36. The number of aliphatic hydroxyl groups is 1. The number of nitrogens with zero attached hydrogens (tertiary/aromatic N) is 2. The molecule has 33 heavy (non-hydrogen) atoms. The maximum Gasteiger partial charge on any atom is 0.308 e. The molecule has 172 valence electrons. The first-order valence-corrected chi connectivity index (χ1v) is 12.1. The SMILES string of the molecule is COc1ccc2nccc(C(O)CC[C@@H]3CCN(CC#Cc4ccsc4)C[C@@H]3C(=O)O)c2c1. The van der Waals surface area contributed by atoms with Gasteiger partial charge in [0.25, 0.3) is 0 Å². The van der Waals surface area contributed by atoms with Crippen molar-refractivity contribution in [1.82, 2.24) is 9.88 Å². The summed E-state index contributed by atoms with van der Waals surface area (Å²) in [7, 11) is 1.61. The van der Waals surface area contributed by atoms with E-state index in [4.69, 9.17) is 4.74 Å². The van der Waals surface area contributed by atoms with Crippen LogP contribution in [0.1, 0.15) is 36.5 Å². The fourth-order valence-corrected chi connectivity index (χ4v) is 5.11. The number of pyridine rings is 1. The minimum atomic E-state index is -0.774. The van der Waals surface area contributed by atoms with Crippen molar-refractivity contribution in [1.29, 1.82) is 0 Å². The number of methoxy groups -OCH3 is 1. The second-order valence-corrected chi connectivity index (χ2v) is 9.20. The number of benzene rings is 1. The summed E-state index contributed by atoms with van der Waals surface area (Å²) >= 11 is 1.61. The molecule has 3 atom stereocenters. The molecule has 1 aliphatic heterocycles. The summed E-state index contributed by atoms with van der Waals surface area (Å²) in [5.74, 6) is 5.81. The van der Waals surface area contributed by atoms with Gasteiger partial charge in [-0.1, -0.05) is 11.8 Å². The third kappa shape index (κ3) is 5.72. The maximum absolute atomic E-state index is 12.0. The molecule has 0 aliphatic carbocycles. The summed E-state index contributed by atoms with van der Waals surface area (Å²) in [6, 6.07) is 9.42. The Balaban J connectivity index is 1.38. The van der Waals surface area contributed by atoms with Crippen LogP contribution in [0, 0.1) is 23.7 Å². The second-order valence-electron chi connectivity index (χ2n) is 8.42. The third-order valence-electron chi connectivity index (χ3n) is 6.37. The van der Waals surface area contributed by atoms with Gasteiger partial charge in [0.05, 0.1) is 31.2 Å². The van der Waals surface area contributed by atoms with Crippen molar-refractivity contribution >= 4 is 28.2 Å². The summed E-state index contributed by atoms with van der Waals surface area (Å²) in [6.45, 7) is 1.88. The molecule has 3 aromatic rings. The van der Waals surface area contributed by atoms with Crippen molar-refractivity contribution < 1.29 is 19.7 Å². The van der Waals surface area contributed by atoms with Crippen LogP contribution in [-0.2, 0) is 4.79 Å². The molecule has 6 nitrogen and oxygen atoms in total. The highest BCUT2D eigenvalue weighted by Gasteiger charge is 2.34. The Morgan fingerprint density at radius 1 is 1.36 bits per heavy atom. The molecule has 3 heterocycles. The number of hydrogen-bond donors (Lipinski definition) is 2. The Morgan fingerprint density at radius 3 is 3.00 bits per heavy atom. The fraction of sp³-hybridized carbons (Fsp3) is 0.385. The Labute approximate surface area is 197 Å². The quantitative estimate of drug-likeness (QED) is 0.510. The number of aliphatic carboxylic acids is 1. The zero-order chi connectivity index (χ0) is 23.2. The number of piperidine rings is 1. The van der Waals surface area contributed by atoms with Crippen LogP contribution in [0.2, 0.25) is 0 Å². The predicted octanol–water partition coefficient (Wildman–Crippen LogP) is 4.19. The molecule has 1 aliphatic rings. The van der Waals surface area contributed by atoms with E-state index in [0.717, 1.165) is 35.0 Å². The highest BCUT2D eigenvalue weighted by atomic mass is 32.1. The zero-order valence-corrected chi connectivity index (χ0v) is 19.4. The number of carbonyl (C=O) groups is 1. The molecule has 2 aromatic heterocycles. The first kappa shape index (κ1) is 23.2. The summed E-state index contributed by atoms with van der Waals surface area (Å²) in [5, 5.41) is 25.7. The van der Waals surface area contributed by atoms with Gasteiger partial charge in [0, 0.05) is 29.1 Å². The van der Waals surface area contributed by atoms with E-state index in [9.17, 15) is 15.0 Å². The van der Waals surface area contributed by atoms with E-state index in [0.29, 0.717) is 31.7 Å². The van der Waals surface area contributed by atoms with E-state index in [1.54, 1.807) is 24.6 Å². The Hall–Kier alpha value is -2.92. The fourth-order valence-electron chi connectivity index (χ4n) is 4.52. The van der Waals surface area contributed by atoms with Gasteiger partial charge in [0.1, 0.15) is 5.75 Å². The van der Waals surface area contributed by atoms with Crippen LogP contribution in [0.25, 0.3) is 10.9 Å². The molecule has 1 unspecified atom stereocenters. The molecule has 0 amide bonds. The van der Waals surface area contributed by atoms with Crippen molar-refractivity contribution in [2.45, 2.75) is 25.4 Å². The number of ether oxygens (including phenoxy) is 1. The van der Waals surface area contributed by atoms with Crippen molar-refractivity contribution in [2.24, 2.45) is 11.8 Å². The smallest absolute Gasteiger partial charge is 0.308 e.